The van der Waals surface area contributed by atoms with E-state index in [4.69, 9.17) is 10.00 Å². The highest BCUT2D eigenvalue weighted by molar-refractivity contribution is 5.61. The Morgan fingerprint density at radius 3 is 2.26 bits per heavy atom. The summed E-state index contributed by atoms with van der Waals surface area (Å²) >= 11 is 0. The molecule has 0 saturated carbocycles. The van der Waals surface area contributed by atoms with Crippen LogP contribution in [0.2, 0.25) is 0 Å². The van der Waals surface area contributed by atoms with Crippen LogP contribution in [0.15, 0.2) is 41.2 Å². The average Bonchev–Trinajstić information content (AvgIpc) is 2.49. The molecule has 0 radical (unpaired) electrons. The lowest BCUT2D eigenvalue weighted by Gasteiger charge is -2.16. The van der Waals surface area contributed by atoms with Crippen LogP contribution in [0.5, 0.6) is 5.75 Å². The van der Waals surface area contributed by atoms with Crippen LogP contribution in [0.25, 0.3) is 11.3 Å². The summed E-state index contributed by atoms with van der Waals surface area (Å²) in [6.07, 6.45) is 0.120. The van der Waals surface area contributed by atoms with Crippen LogP contribution < -0.4 is 10.3 Å². The van der Waals surface area contributed by atoms with E-state index in [1.165, 1.54) is 0 Å². The van der Waals surface area contributed by atoms with E-state index >= 15 is 0 Å². The van der Waals surface area contributed by atoms with Crippen LogP contribution >= 0.6 is 0 Å². The summed E-state index contributed by atoms with van der Waals surface area (Å²) < 4.78 is 7.33. The summed E-state index contributed by atoms with van der Waals surface area (Å²) in [5.74, 6) is 1.11. The number of rotatable bonds is 5. The van der Waals surface area contributed by atoms with Crippen LogP contribution in [0.1, 0.15) is 33.3 Å². The lowest BCUT2D eigenvalue weighted by molar-refractivity contribution is 0.242. The molecular weight excluding hydrogens is 288 g/mol. The normalized spacial score (nSPS) is 10.8. The molecule has 2 rings (SSSR count). The largest absolute Gasteiger partial charge is 0.491 e. The van der Waals surface area contributed by atoms with Crippen LogP contribution in [0.4, 0.5) is 0 Å². The van der Waals surface area contributed by atoms with Crippen molar-refractivity contribution in [1.29, 1.82) is 5.26 Å². The molecule has 0 N–H and O–H groups in total. The molecule has 1 aromatic carbocycles. The molecule has 2 aromatic rings. The molecule has 120 valence electrons. The summed E-state index contributed by atoms with van der Waals surface area (Å²) in [6, 6.07) is 13.1. The van der Waals surface area contributed by atoms with E-state index in [1.807, 2.05) is 50.2 Å². The number of nitriles is 1. The summed E-state index contributed by atoms with van der Waals surface area (Å²) in [5, 5.41) is 9.08. The topological polar surface area (TPSA) is 55.0 Å². The first-order chi connectivity index (χ1) is 10.9. The second-order valence-corrected chi connectivity index (χ2v) is 6.24. The number of hydrogen-bond donors (Lipinski definition) is 0. The zero-order chi connectivity index (χ0) is 17.0. The molecule has 0 spiro atoms. The van der Waals surface area contributed by atoms with Crippen LogP contribution in [0.3, 0.4) is 0 Å². The van der Waals surface area contributed by atoms with Gasteiger partial charge < -0.3 is 9.30 Å². The zero-order valence-electron chi connectivity index (χ0n) is 14.0. The molecule has 0 aliphatic heterocycles. The van der Waals surface area contributed by atoms with Gasteiger partial charge in [-0.2, -0.15) is 5.26 Å². The fraction of sp³-hybridized carbons (Fsp3) is 0.368. The van der Waals surface area contributed by atoms with Gasteiger partial charge in [0.2, 0.25) is 0 Å². The van der Waals surface area contributed by atoms with Gasteiger partial charge in [-0.25, -0.2) is 0 Å². The number of ether oxygens (including phenoxy) is 1. The minimum atomic E-state index is -0.235. The molecule has 1 heterocycles. The Morgan fingerprint density at radius 2 is 1.74 bits per heavy atom. The molecule has 0 aliphatic rings. The molecule has 4 heteroatoms. The van der Waals surface area contributed by atoms with Crippen LogP contribution in [-0.2, 0) is 6.54 Å². The van der Waals surface area contributed by atoms with Crippen molar-refractivity contribution in [1.82, 2.24) is 4.57 Å². The van der Waals surface area contributed by atoms with Crippen molar-refractivity contribution < 1.29 is 4.74 Å². The molecule has 0 unspecified atom stereocenters. The van der Waals surface area contributed by atoms with E-state index in [1.54, 1.807) is 10.6 Å². The molecule has 0 bridgehead atoms. The van der Waals surface area contributed by atoms with Gasteiger partial charge in [0.05, 0.1) is 11.8 Å². The summed E-state index contributed by atoms with van der Waals surface area (Å²) in [4.78, 5) is 12.5. The quantitative estimate of drug-likeness (QED) is 0.843. The standard InChI is InChI=1S/C19H22N2O2/c1-13(2)12-21-18(10-7-16(11-20)19(21)22)15-5-8-17(9-6-15)23-14(3)4/h5-10,13-14H,12H2,1-4H3. The minimum absolute atomic E-state index is 0.120. The summed E-state index contributed by atoms with van der Waals surface area (Å²) in [6.45, 7) is 8.64. The lowest BCUT2D eigenvalue weighted by Crippen LogP contribution is -2.26. The fourth-order valence-electron chi connectivity index (χ4n) is 2.44. The Labute approximate surface area is 137 Å². The summed E-state index contributed by atoms with van der Waals surface area (Å²) in [5.41, 5.74) is 1.69. The SMILES string of the molecule is CC(C)Cn1c(-c2ccc(OC(C)C)cc2)ccc(C#N)c1=O. The van der Waals surface area contributed by atoms with Gasteiger partial charge in [0.25, 0.3) is 5.56 Å². The van der Waals surface area contributed by atoms with Gasteiger partial charge in [-0.3, -0.25) is 4.79 Å². The van der Waals surface area contributed by atoms with Gasteiger partial charge in [0, 0.05) is 6.54 Å². The Kier molecular flexibility index (Phi) is 5.23. The first-order valence-electron chi connectivity index (χ1n) is 7.83. The van der Waals surface area contributed by atoms with Gasteiger partial charge in [-0.15, -0.1) is 0 Å². The average molecular weight is 310 g/mol. The molecule has 0 saturated heterocycles. The predicted octanol–water partition coefficient (Wildman–Crippen LogP) is 3.83. The van der Waals surface area contributed by atoms with E-state index in [0.29, 0.717) is 12.5 Å². The van der Waals surface area contributed by atoms with E-state index in [2.05, 4.69) is 13.8 Å². The van der Waals surface area contributed by atoms with E-state index in [0.717, 1.165) is 17.0 Å². The Morgan fingerprint density at radius 1 is 1.09 bits per heavy atom. The van der Waals surface area contributed by atoms with Crippen molar-refractivity contribution in [2.24, 2.45) is 5.92 Å². The zero-order valence-corrected chi connectivity index (χ0v) is 14.0. The van der Waals surface area contributed by atoms with Crippen molar-refractivity contribution in [3.63, 3.8) is 0 Å². The minimum Gasteiger partial charge on any atom is -0.491 e. The molecule has 0 amide bonds. The van der Waals surface area contributed by atoms with E-state index in [-0.39, 0.29) is 17.2 Å². The monoisotopic (exact) mass is 310 g/mol. The second kappa shape index (κ2) is 7.15. The third kappa shape index (κ3) is 4.01. The van der Waals surface area contributed by atoms with Crippen LogP contribution in [-0.4, -0.2) is 10.7 Å². The molecule has 1 aromatic heterocycles. The molecule has 0 atom stereocenters. The van der Waals surface area contributed by atoms with Crippen LogP contribution in [0, 0.1) is 17.2 Å². The van der Waals surface area contributed by atoms with Crippen molar-refractivity contribution in [3.8, 4) is 23.1 Å². The number of aromatic nitrogens is 1. The highest BCUT2D eigenvalue weighted by atomic mass is 16.5. The molecular formula is C19H22N2O2. The Hall–Kier alpha value is -2.54. The number of hydrogen-bond acceptors (Lipinski definition) is 3. The Balaban J connectivity index is 2.48. The Bertz CT molecular complexity index is 765. The van der Waals surface area contributed by atoms with Crippen molar-refractivity contribution in [3.05, 3.63) is 52.3 Å². The molecule has 4 nitrogen and oxygen atoms in total. The maximum Gasteiger partial charge on any atom is 0.268 e. The fourth-order valence-corrected chi connectivity index (χ4v) is 2.44. The maximum atomic E-state index is 12.5. The number of nitrogens with zero attached hydrogens (tertiary/aromatic N) is 2. The maximum absolute atomic E-state index is 12.5. The van der Waals surface area contributed by atoms with E-state index in [9.17, 15) is 4.79 Å². The smallest absolute Gasteiger partial charge is 0.268 e. The van der Waals surface area contributed by atoms with Gasteiger partial charge >= 0.3 is 0 Å². The second-order valence-electron chi connectivity index (χ2n) is 6.24. The van der Waals surface area contributed by atoms with E-state index < -0.39 is 0 Å². The van der Waals surface area contributed by atoms with Gasteiger partial charge in [-0.05, 0) is 61.7 Å². The van der Waals surface area contributed by atoms with Gasteiger partial charge in [0.1, 0.15) is 17.4 Å². The number of benzene rings is 1. The predicted molar refractivity (Wildman–Crippen MR) is 91.5 cm³/mol. The number of pyridine rings is 1. The third-order valence-corrected chi connectivity index (χ3v) is 3.36. The molecule has 23 heavy (non-hydrogen) atoms. The van der Waals surface area contributed by atoms with Gasteiger partial charge in [-0.1, -0.05) is 13.8 Å². The summed E-state index contributed by atoms with van der Waals surface area (Å²) in [7, 11) is 0. The first-order valence-corrected chi connectivity index (χ1v) is 7.83. The first kappa shape index (κ1) is 16.8. The third-order valence-electron chi connectivity index (χ3n) is 3.36. The van der Waals surface area contributed by atoms with Gasteiger partial charge in [0.15, 0.2) is 0 Å². The van der Waals surface area contributed by atoms with Crippen molar-refractivity contribution in [2.75, 3.05) is 0 Å². The highest BCUT2D eigenvalue weighted by Crippen LogP contribution is 2.23. The lowest BCUT2D eigenvalue weighted by atomic mass is 10.1. The van der Waals surface area contributed by atoms with Crippen molar-refractivity contribution in [2.45, 2.75) is 40.3 Å². The molecule has 0 fully saturated rings. The molecule has 0 aliphatic carbocycles. The van der Waals surface area contributed by atoms with Crippen molar-refractivity contribution >= 4 is 0 Å². The highest BCUT2D eigenvalue weighted by Gasteiger charge is 2.12.